The van der Waals surface area contributed by atoms with E-state index in [2.05, 4.69) is 25.2 Å². The normalized spacial score (nSPS) is 16.4. The molecule has 2 aromatic carbocycles. The zero-order valence-corrected chi connectivity index (χ0v) is 19.7. The van der Waals surface area contributed by atoms with Gasteiger partial charge in [0, 0.05) is 36.6 Å². The molecule has 2 aliphatic rings. The number of likely N-dealkylation sites (tertiary alicyclic amines) is 1. The minimum absolute atomic E-state index is 0.0247. The van der Waals surface area contributed by atoms with Crippen molar-refractivity contribution in [2.45, 2.75) is 12.8 Å². The number of carbonyl (C=O) groups excluding carboxylic acids is 1. The second-order valence-electron chi connectivity index (χ2n) is 8.70. The maximum atomic E-state index is 13.0. The molecule has 3 heterocycles. The van der Waals surface area contributed by atoms with Gasteiger partial charge >= 0.3 is 0 Å². The maximum Gasteiger partial charge on any atom is 0.281 e. The van der Waals surface area contributed by atoms with Crippen molar-refractivity contribution in [2.75, 3.05) is 68.5 Å². The van der Waals surface area contributed by atoms with Crippen molar-refractivity contribution in [1.82, 2.24) is 19.7 Å². The van der Waals surface area contributed by atoms with Crippen LogP contribution in [0.4, 0.5) is 23.3 Å². The van der Waals surface area contributed by atoms with Gasteiger partial charge in [0.1, 0.15) is 12.4 Å². The van der Waals surface area contributed by atoms with Gasteiger partial charge in [0.05, 0.1) is 13.2 Å². The number of aromatic nitrogens is 3. The second-order valence-corrected chi connectivity index (χ2v) is 8.70. The van der Waals surface area contributed by atoms with E-state index in [0.717, 1.165) is 54.5 Å². The molecule has 0 saturated carbocycles. The van der Waals surface area contributed by atoms with Crippen molar-refractivity contribution in [3.63, 3.8) is 0 Å². The van der Waals surface area contributed by atoms with Crippen LogP contribution >= 0.6 is 0 Å². The van der Waals surface area contributed by atoms with Crippen LogP contribution in [0, 0.1) is 0 Å². The van der Waals surface area contributed by atoms with Gasteiger partial charge in [-0.2, -0.15) is 9.67 Å². The van der Waals surface area contributed by atoms with Gasteiger partial charge in [-0.15, -0.1) is 5.10 Å². The summed E-state index contributed by atoms with van der Waals surface area (Å²) in [5.41, 5.74) is 8.31. The van der Waals surface area contributed by atoms with E-state index in [0.29, 0.717) is 25.4 Å². The van der Waals surface area contributed by atoms with Gasteiger partial charge in [0.15, 0.2) is 0 Å². The predicted molar refractivity (Wildman–Crippen MR) is 135 cm³/mol. The van der Waals surface area contributed by atoms with E-state index in [1.807, 2.05) is 36.4 Å². The molecular formula is C25H31N7O3. The molecule has 0 aliphatic carbocycles. The molecule has 2 aliphatic heterocycles. The molecule has 10 heteroatoms. The van der Waals surface area contributed by atoms with Crippen LogP contribution in [-0.2, 0) is 4.74 Å². The van der Waals surface area contributed by atoms with E-state index in [4.69, 9.17) is 15.2 Å². The largest absolute Gasteiger partial charge is 0.492 e. The summed E-state index contributed by atoms with van der Waals surface area (Å²) < 4.78 is 12.4. The monoisotopic (exact) mass is 477 g/mol. The molecule has 0 bridgehead atoms. The number of ether oxygens (including phenoxy) is 2. The number of nitrogens with one attached hydrogen (secondary N) is 1. The third-order valence-corrected chi connectivity index (χ3v) is 6.30. The van der Waals surface area contributed by atoms with E-state index in [1.165, 1.54) is 12.8 Å². The summed E-state index contributed by atoms with van der Waals surface area (Å²) in [7, 11) is 0. The molecule has 10 nitrogen and oxygen atoms in total. The van der Waals surface area contributed by atoms with Gasteiger partial charge in [-0.3, -0.25) is 9.69 Å². The number of benzene rings is 2. The Hall–Kier alpha value is -3.63. The lowest BCUT2D eigenvalue weighted by atomic mass is 10.2. The number of nitrogen functional groups attached to an aromatic ring is 1. The van der Waals surface area contributed by atoms with Crippen molar-refractivity contribution in [3.05, 3.63) is 54.1 Å². The Bertz CT molecular complexity index is 1120. The molecule has 5 rings (SSSR count). The fourth-order valence-electron chi connectivity index (χ4n) is 4.35. The third kappa shape index (κ3) is 5.72. The van der Waals surface area contributed by atoms with Crippen molar-refractivity contribution >= 4 is 29.2 Å². The lowest BCUT2D eigenvalue weighted by Crippen LogP contribution is -2.36. The Morgan fingerprint density at radius 2 is 1.71 bits per heavy atom. The maximum absolute atomic E-state index is 13.0. The summed E-state index contributed by atoms with van der Waals surface area (Å²) in [6.45, 7) is 7.04. The summed E-state index contributed by atoms with van der Waals surface area (Å²) in [5, 5.41) is 7.36. The first-order valence-electron chi connectivity index (χ1n) is 12.1. The highest BCUT2D eigenvalue weighted by Gasteiger charge is 2.18. The number of carbonyl (C=O) groups is 1. The highest BCUT2D eigenvalue weighted by molar-refractivity contribution is 5.97. The first-order valence-corrected chi connectivity index (χ1v) is 12.1. The van der Waals surface area contributed by atoms with Crippen LogP contribution in [0.3, 0.4) is 0 Å². The minimum Gasteiger partial charge on any atom is -0.492 e. The zero-order valence-electron chi connectivity index (χ0n) is 19.7. The van der Waals surface area contributed by atoms with Crippen LogP contribution in [0.25, 0.3) is 0 Å². The Balaban J connectivity index is 1.17. The van der Waals surface area contributed by atoms with Crippen LogP contribution in [0.2, 0.25) is 0 Å². The summed E-state index contributed by atoms with van der Waals surface area (Å²) in [6, 6.07) is 15.0. The van der Waals surface area contributed by atoms with E-state index >= 15 is 0 Å². The lowest BCUT2D eigenvalue weighted by molar-refractivity contribution is 0.0948. The topological polar surface area (TPSA) is 111 Å². The molecular weight excluding hydrogens is 446 g/mol. The van der Waals surface area contributed by atoms with Crippen molar-refractivity contribution in [2.24, 2.45) is 0 Å². The SMILES string of the molecule is Nc1nc(Nc2ccc(OCCN3CCCC3)cc2)nn1C(=O)c1ccc(N2CCOCC2)cc1. The number of anilines is 4. The number of nitrogens with zero attached hydrogens (tertiary/aromatic N) is 5. The average Bonchev–Trinajstić information content (AvgIpc) is 3.55. The minimum atomic E-state index is -0.335. The Labute approximate surface area is 204 Å². The number of hydrogen-bond donors (Lipinski definition) is 2. The smallest absolute Gasteiger partial charge is 0.281 e. The fraction of sp³-hybridized carbons (Fsp3) is 0.400. The third-order valence-electron chi connectivity index (χ3n) is 6.30. The Morgan fingerprint density at radius 1 is 1.00 bits per heavy atom. The van der Waals surface area contributed by atoms with Crippen LogP contribution in [0.15, 0.2) is 48.5 Å². The molecule has 3 aromatic rings. The van der Waals surface area contributed by atoms with Crippen LogP contribution in [0.5, 0.6) is 5.75 Å². The van der Waals surface area contributed by atoms with Gasteiger partial charge in [0.25, 0.3) is 5.91 Å². The predicted octanol–water partition coefficient (Wildman–Crippen LogP) is 2.60. The second kappa shape index (κ2) is 10.7. The van der Waals surface area contributed by atoms with Crippen molar-refractivity contribution in [1.29, 1.82) is 0 Å². The molecule has 0 spiro atoms. The molecule has 2 fully saturated rings. The van der Waals surface area contributed by atoms with E-state index in [9.17, 15) is 4.79 Å². The van der Waals surface area contributed by atoms with E-state index in [-0.39, 0.29) is 17.8 Å². The van der Waals surface area contributed by atoms with Gasteiger partial charge in [-0.25, -0.2) is 0 Å². The standard InChI is InChI=1S/C25H31N7O3/c26-24-28-25(27-20-5-9-22(10-6-20)35-18-13-30-11-1-2-12-30)29-32(24)23(33)19-3-7-21(8-4-19)31-14-16-34-17-15-31/h3-10H,1-2,11-18H2,(H3,26,27,28,29). The molecule has 0 amide bonds. The Kier molecular flexibility index (Phi) is 7.10. The van der Waals surface area contributed by atoms with Crippen LogP contribution < -0.4 is 20.7 Å². The zero-order chi connectivity index (χ0) is 24.0. The first-order chi connectivity index (χ1) is 17.2. The first kappa shape index (κ1) is 23.1. The van der Waals surface area contributed by atoms with Crippen LogP contribution in [-0.4, -0.2) is 78.1 Å². The molecule has 184 valence electrons. The van der Waals surface area contributed by atoms with Crippen molar-refractivity contribution in [3.8, 4) is 5.75 Å². The summed E-state index contributed by atoms with van der Waals surface area (Å²) in [4.78, 5) is 21.8. The number of morpholine rings is 1. The van der Waals surface area contributed by atoms with Gasteiger partial charge in [-0.1, -0.05) is 0 Å². The highest BCUT2D eigenvalue weighted by atomic mass is 16.5. The molecule has 1 aromatic heterocycles. The average molecular weight is 478 g/mol. The van der Waals surface area contributed by atoms with E-state index in [1.54, 1.807) is 12.1 Å². The Morgan fingerprint density at radius 3 is 2.43 bits per heavy atom. The fourth-order valence-corrected chi connectivity index (χ4v) is 4.35. The molecule has 35 heavy (non-hydrogen) atoms. The summed E-state index contributed by atoms with van der Waals surface area (Å²) in [6.07, 6.45) is 2.56. The molecule has 0 atom stereocenters. The highest BCUT2D eigenvalue weighted by Crippen LogP contribution is 2.21. The van der Waals surface area contributed by atoms with Gasteiger partial charge in [-0.05, 0) is 74.5 Å². The quantitative estimate of drug-likeness (QED) is 0.506. The molecule has 3 N–H and O–H groups in total. The lowest BCUT2D eigenvalue weighted by Gasteiger charge is -2.28. The van der Waals surface area contributed by atoms with E-state index < -0.39 is 0 Å². The molecule has 0 unspecified atom stereocenters. The van der Waals surface area contributed by atoms with Crippen molar-refractivity contribution < 1.29 is 14.3 Å². The van der Waals surface area contributed by atoms with Gasteiger partial charge in [0.2, 0.25) is 11.9 Å². The summed E-state index contributed by atoms with van der Waals surface area (Å²) >= 11 is 0. The number of rotatable bonds is 8. The van der Waals surface area contributed by atoms with Crippen LogP contribution in [0.1, 0.15) is 23.2 Å². The van der Waals surface area contributed by atoms with Gasteiger partial charge < -0.3 is 25.4 Å². The number of nitrogens with two attached hydrogens (primary N) is 1. The number of hydrogen-bond acceptors (Lipinski definition) is 9. The molecule has 0 radical (unpaired) electrons. The molecule has 2 saturated heterocycles. The summed E-state index contributed by atoms with van der Waals surface area (Å²) in [5.74, 6) is 0.752.